The van der Waals surface area contributed by atoms with Gasteiger partial charge in [-0.25, -0.2) is 0 Å². The summed E-state index contributed by atoms with van der Waals surface area (Å²) in [6, 6.07) is 0. The molecule has 0 aromatic rings. The van der Waals surface area contributed by atoms with E-state index in [0.717, 1.165) is 6.29 Å². The molecule has 0 amide bonds. The highest BCUT2D eigenvalue weighted by Crippen LogP contribution is 2.25. The number of carbonyl (C=O) groups is 1. The Balaban J connectivity index is 2.51. The topological polar surface area (TPSA) is 55.8 Å². The number of rotatable bonds is 3. The van der Waals surface area contributed by atoms with E-state index in [-0.39, 0.29) is 0 Å². The second-order valence-electron chi connectivity index (χ2n) is 3.85. The molecule has 4 heteroatoms. The zero-order valence-electron chi connectivity index (χ0n) is 8.19. The van der Waals surface area contributed by atoms with Crippen molar-refractivity contribution in [3.05, 3.63) is 0 Å². The molecule has 1 heterocycles. The summed E-state index contributed by atoms with van der Waals surface area (Å²) in [6.07, 6.45) is -0.450. The van der Waals surface area contributed by atoms with Crippen LogP contribution in [0.25, 0.3) is 0 Å². The molecule has 4 nitrogen and oxygen atoms in total. The smallest absolute Gasteiger partial charge is 0.163 e. The number of aldehydes is 1. The first-order valence-electron chi connectivity index (χ1n) is 4.41. The van der Waals surface area contributed by atoms with Crippen LogP contribution in [-0.4, -0.2) is 36.0 Å². The molecule has 0 bridgehead atoms. The van der Waals surface area contributed by atoms with Crippen molar-refractivity contribution < 1.29 is 19.4 Å². The molecule has 1 saturated heterocycles. The van der Waals surface area contributed by atoms with Gasteiger partial charge in [0.25, 0.3) is 0 Å². The maximum atomic E-state index is 10.4. The van der Waals surface area contributed by atoms with E-state index in [0.29, 0.717) is 6.61 Å². The van der Waals surface area contributed by atoms with Gasteiger partial charge in [-0.05, 0) is 13.8 Å². The molecule has 76 valence electrons. The van der Waals surface area contributed by atoms with Crippen molar-refractivity contribution in [3.63, 3.8) is 0 Å². The highest BCUT2D eigenvalue weighted by molar-refractivity contribution is 5.53. The molecule has 13 heavy (non-hydrogen) atoms. The first-order chi connectivity index (χ1) is 5.96. The quantitative estimate of drug-likeness (QED) is 0.649. The van der Waals surface area contributed by atoms with Crippen LogP contribution >= 0.6 is 0 Å². The third-order valence-electron chi connectivity index (χ3n) is 2.16. The Labute approximate surface area is 77.8 Å². The summed E-state index contributed by atoms with van der Waals surface area (Å²) in [7, 11) is 0. The third-order valence-corrected chi connectivity index (χ3v) is 2.16. The number of hydrogen-bond acceptors (Lipinski definition) is 4. The molecule has 0 radical (unpaired) electrons. The molecule has 1 aliphatic rings. The average molecular weight is 188 g/mol. The van der Waals surface area contributed by atoms with Crippen LogP contribution in [0.3, 0.4) is 0 Å². The Morgan fingerprint density at radius 2 is 2.23 bits per heavy atom. The minimum absolute atomic E-state index is 0.340. The Hall–Kier alpha value is -0.450. The monoisotopic (exact) mass is 188 g/mol. The van der Waals surface area contributed by atoms with Gasteiger partial charge in [-0.3, -0.25) is 0 Å². The van der Waals surface area contributed by atoms with Crippen molar-refractivity contribution in [2.24, 2.45) is 5.92 Å². The molecule has 1 N–H and O–H groups in total. The summed E-state index contributed by atoms with van der Waals surface area (Å²) >= 11 is 0. The molecule has 1 fully saturated rings. The molecule has 0 spiro atoms. The Morgan fingerprint density at radius 1 is 1.62 bits per heavy atom. The van der Waals surface area contributed by atoms with Crippen LogP contribution in [-0.2, 0) is 14.3 Å². The fourth-order valence-corrected chi connectivity index (χ4v) is 1.30. The van der Waals surface area contributed by atoms with Gasteiger partial charge in [0, 0.05) is 5.92 Å². The Kier molecular flexibility index (Phi) is 3.05. The number of hydrogen-bond donors (Lipinski definition) is 1. The predicted molar refractivity (Wildman–Crippen MR) is 46.1 cm³/mol. The molecule has 1 aliphatic heterocycles. The maximum Gasteiger partial charge on any atom is 0.163 e. The summed E-state index contributed by atoms with van der Waals surface area (Å²) in [5.41, 5.74) is 0. The number of aliphatic hydroxyl groups is 1. The van der Waals surface area contributed by atoms with E-state index in [9.17, 15) is 9.90 Å². The van der Waals surface area contributed by atoms with Gasteiger partial charge >= 0.3 is 0 Å². The van der Waals surface area contributed by atoms with Crippen molar-refractivity contribution in [1.29, 1.82) is 0 Å². The average Bonchev–Trinajstić information content (AvgIpc) is 2.43. The predicted octanol–water partition coefficient (Wildman–Crippen LogP) is 0.334. The Bertz CT molecular complexity index is 190. The summed E-state index contributed by atoms with van der Waals surface area (Å²) in [5.74, 6) is -1.06. The minimum atomic E-state index is -0.778. The minimum Gasteiger partial charge on any atom is -0.390 e. The van der Waals surface area contributed by atoms with Gasteiger partial charge in [0.15, 0.2) is 5.79 Å². The second kappa shape index (κ2) is 3.74. The van der Waals surface area contributed by atoms with Gasteiger partial charge in [-0.2, -0.15) is 0 Å². The molecule has 0 saturated carbocycles. The normalized spacial score (nSPS) is 31.2. The lowest BCUT2D eigenvalue weighted by Gasteiger charge is -2.21. The van der Waals surface area contributed by atoms with E-state index in [1.54, 1.807) is 20.8 Å². The molecule has 0 aliphatic carbocycles. The molecular formula is C9H16O4. The van der Waals surface area contributed by atoms with E-state index >= 15 is 0 Å². The zero-order valence-corrected chi connectivity index (χ0v) is 8.19. The van der Waals surface area contributed by atoms with Crippen molar-refractivity contribution in [3.8, 4) is 0 Å². The highest BCUT2D eigenvalue weighted by atomic mass is 16.7. The molecule has 0 aromatic carbocycles. The van der Waals surface area contributed by atoms with E-state index < -0.39 is 23.9 Å². The number of carbonyl (C=O) groups excluding carboxylic acids is 1. The van der Waals surface area contributed by atoms with Gasteiger partial charge in [-0.15, -0.1) is 0 Å². The standard InChI is InChI=1S/C9H16O4/c1-6(4-10)8(11)7-5-12-9(2,3)13-7/h4,6-8,11H,5H2,1-3H3/t6-,7+,8+/m0/s1. The third kappa shape index (κ3) is 2.49. The molecule has 1 rings (SSSR count). The van der Waals surface area contributed by atoms with Gasteiger partial charge in [0.2, 0.25) is 0 Å². The lowest BCUT2D eigenvalue weighted by molar-refractivity contribution is -0.156. The van der Waals surface area contributed by atoms with Crippen LogP contribution in [0.1, 0.15) is 20.8 Å². The van der Waals surface area contributed by atoms with Crippen LogP contribution in [0.2, 0.25) is 0 Å². The maximum absolute atomic E-state index is 10.4. The molecule has 3 atom stereocenters. The summed E-state index contributed by atoms with van der Waals surface area (Å²) in [5, 5.41) is 9.61. The molecular weight excluding hydrogens is 172 g/mol. The summed E-state index contributed by atoms with van der Waals surface area (Å²) < 4.78 is 10.7. The van der Waals surface area contributed by atoms with Crippen LogP contribution < -0.4 is 0 Å². The lowest BCUT2D eigenvalue weighted by atomic mass is 10.0. The van der Waals surface area contributed by atoms with Gasteiger partial charge in [-0.1, -0.05) is 6.92 Å². The Morgan fingerprint density at radius 3 is 2.62 bits per heavy atom. The second-order valence-corrected chi connectivity index (χ2v) is 3.85. The van der Waals surface area contributed by atoms with Gasteiger partial charge in [0.1, 0.15) is 12.4 Å². The van der Waals surface area contributed by atoms with Crippen LogP contribution in [0.4, 0.5) is 0 Å². The van der Waals surface area contributed by atoms with Gasteiger partial charge in [0.05, 0.1) is 12.7 Å². The summed E-state index contributed by atoms with van der Waals surface area (Å²) in [6.45, 7) is 5.56. The van der Waals surface area contributed by atoms with E-state index in [1.807, 2.05) is 0 Å². The van der Waals surface area contributed by atoms with E-state index in [4.69, 9.17) is 9.47 Å². The van der Waals surface area contributed by atoms with E-state index in [2.05, 4.69) is 0 Å². The fraction of sp³-hybridized carbons (Fsp3) is 0.889. The van der Waals surface area contributed by atoms with E-state index in [1.165, 1.54) is 0 Å². The van der Waals surface area contributed by atoms with Crippen LogP contribution in [0, 0.1) is 5.92 Å². The van der Waals surface area contributed by atoms with Crippen molar-refractivity contribution in [2.75, 3.05) is 6.61 Å². The SMILES string of the molecule is C[C@@H](C=O)[C@@H](O)[C@H]1COC(C)(C)O1. The first kappa shape index (κ1) is 10.6. The number of ether oxygens (including phenoxy) is 2. The van der Waals surface area contributed by atoms with Gasteiger partial charge < -0.3 is 19.4 Å². The summed E-state index contributed by atoms with van der Waals surface area (Å²) in [4.78, 5) is 10.4. The number of aliphatic hydroxyl groups excluding tert-OH is 1. The zero-order chi connectivity index (χ0) is 10.1. The first-order valence-corrected chi connectivity index (χ1v) is 4.41. The van der Waals surface area contributed by atoms with Crippen LogP contribution in [0.5, 0.6) is 0 Å². The molecule has 0 aromatic heterocycles. The highest BCUT2D eigenvalue weighted by Gasteiger charge is 2.38. The van der Waals surface area contributed by atoms with Crippen molar-refractivity contribution in [1.82, 2.24) is 0 Å². The lowest BCUT2D eigenvalue weighted by Crippen LogP contribution is -2.36. The van der Waals surface area contributed by atoms with Crippen LogP contribution in [0.15, 0.2) is 0 Å². The fourth-order valence-electron chi connectivity index (χ4n) is 1.30. The molecule has 0 unspecified atom stereocenters. The largest absolute Gasteiger partial charge is 0.390 e. The van der Waals surface area contributed by atoms with Crippen molar-refractivity contribution >= 4 is 6.29 Å². The van der Waals surface area contributed by atoms with Crippen molar-refractivity contribution in [2.45, 2.75) is 38.8 Å².